The van der Waals surface area contributed by atoms with Crippen LogP contribution in [0.3, 0.4) is 0 Å². The van der Waals surface area contributed by atoms with Crippen molar-refractivity contribution in [3.63, 3.8) is 0 Å². The van der Waals surface area contributed by atoms with E-state index in [2.05, 4.69) is 39.8 Å². The Labute approximate surface area is 96.6 Å². The lowest BCUT2D eigenvalue weighted by Gasteiger charge is -2.15. The summed E-state index contributed by atoms with van der Waals surface area (Å²) in [5.74, 6) is 1.53. The van der Waals surface area contributed by atoms with E-state index >= 15 is 0 Å². The third-order valence-corrected chi connectivity index (χ3v) is 3.11. The number of esters is 1. The van der Waals surface area contributed by atoms with Crippen molar-refractivity contribution in [2.24, 2.45) is 0 Å². The largest absolute Gasteiger partial charge is 0.426 e. The Morgan fingerprint density at radius 2 is 1.62 bits per heavy atom. The topological polar surface area (TPSA) is 26.3 Å². The van der Waals surface area contributed by atoms with E-state index in [0.717, 1.165) is 16.9 Å². The normalized spacial score (nSPS) is 14.5. The highest BCUT2D eigenvalue weighted by atomic mass is 16.5. The summed E-state index contributed by atoms with van der Waals surface area (Å²) in [5, 5.41) is 0. The van der Waals surface area contributed by atoms with E-state index in [1.54, 1.807) is 0 Å². The first kappa shape index (κ1) is 11.2. The molecule has 0 bridgehead atoms. The predicted molar refractivity (Wildman–Crippen MR) is 64.0 cm³/mol. The summed E-state index contributed by atoms with van der Waals surface area (Å²) in [6.45, 7) is 8.54. The zero-order valence-electron chi connectivity index (χ0n) is 10.3. The van der Waals surface area contributed by atoms with Crippen LogP contribution in [0.2, 0.25) is 0 Å². The molecule has 0 saturated heterocycles. The summed E-state index contributed by atoms with van der Waals surface area (Å²) in [4.78, 5) is 11.4. The van der Waals surface area contributed by atoms with Gasteiger partial charge in [-0.15, -0.1) is 0 Å². The number of carbonyl (C=O) groups excluding carboxylic acids is 1. The fourth-order valence-corrected chi connectivity index (χ4v) is 2.25. The zero-order chi connectivity index (χ0) is 11.9. The average Bonchev–Trinajstić information content (AvgIpc) is 2.56. The monoisotopic (exact) mass is 218 g/mol. The maximum absolute atomic E-state index is 11.4. The van der Waals surface area contributed by atoms with Gasteiger partial charge in [-0.05, 0) is 23.0 Å². The van der Waals surface area contributed by atoms with Crippen LogP contribution >= 0.6 is 0 Å². The number of hydrogen-bond acceptors (Lipinski definition) is 2. The second kappa shape index (κ2) is 3.93. The molecule has 0 saturated carbocycles. The fraction of sp³-hybridized carbons (Fsp3) is 0.500. The van der Waals surface area contributed by atoms with E-state index in [9.17, 15) is 4.79 Å². The number of benzene rings is 1. The van der Waals surface area contributed by atoms with E-state index in [1.807, 2.05) is 0 Å². The van der Waals surface area contributed by atoms with E-state index in [-0.39, 0.29) is 5.97 Å². The molecular weight excluding hydrogens is 200 g/mol. The standard InChI is InChI=1S/C14H18O2/c1-8(2)10-5-6-11(9(3)4)14-12(10)7-13(15)16-14/h5-6,8-9H,7H2,1-4H3. The Bertz CT molecular complexity index is 392. The molecule has 1 aliphatic rings. The van der Waals surface area contributed by atoms with Gasteiger partial charge in [0.25, 0.3) is 0 Å². The summed E-state index contributed by atoms with van der Waals surface area (Å²) >= 11 is 0. The molecule has 0 radical (unpaired) electrons. The maximum atomic E-state index is 11.4. The Balaban J connectivity index is 2.58. The molecule has 1 aromatic rings. The van der Waals surface area contributed by atoms with Crippen molar-refractivity contribution >= 4 is 5.97 Å². The van der Waals surface area contributed by atoms with E-state index < -0.39 is 0 Å². The van der Waals surface area contributed by atoms with Gasteiger partial charge in [-0.2, -0.15) is 0 Å². The molecule has 86 valence electrons. The van der Waals surface area contributed by atoms with E-state index in [4.69, 9.17) is 4.74 Å². The summed E-state index contributed by atoms with van der Waals surface area (Å²) in [5.41, 5.74) is 3.49. The van der Waals surface area contributed by atoms with Gasteiger partial charge in [-0.1, -0.05) is 39.8 Å². The number of rotatable bonds is 2. The van der Waals surface area contributed by atoms with Crippen molar-refractivity contribution in [1.29, 1.82) is 0 Å². The first-order valence-electron chi connectivity index (χ1n) is 5.87. The Kier molecular flexibility index (Phi) is 2.75. The lowest BCUT2D eigenvalue weighted by Crippen LogP contribution is -2.01. The third kappa shape index (κ3) is 1.73. The molecule has 0 unspecified atom stereocenters. The molecule has 2 heteroatoms. The molecular formula is C14H18O2. The molecule has 0 N–H and O–H groups in total. The maximum Gasteiger partial charge on any atom is 0.315 e. The van der Waals surface area contributed by atoms with Crippen molar-refractivity contribution < 1.29 is 9.53 Å². The van der Waals surface area contributed by atoms with Crippen LogP contribution in [0.15, 0.2) is 12.1 Å². The first-order valence-corrected chi connectivity index (χ1v) is 5.87. The first-order chi connectivity index (χ1) is 7.50. The van der Waals surface area contributed by atoms with Crippen LogP contribution in [0.25, 0.3) is 0 Å². The Morgan fingerprint density at radius 3 is 2.19 bits per heavy atom. The number of hydrogen-bond donors (Lipinski definition) is 0. The molecule has 2 rings (SSSR count). The van der Waals surface area contributed by atoms with E-state index in [0.29, 0.717) is 18.3 Å². The molecule has 0 aromatic heterocycles. The molecule has 0 aliphatic carbocycles. The van der Waals surface area contributed by atoms with Crippen LogP contribution in [0.4, 0.5) is 0 Å². The van der Waals surface area contributed by atoms with Gasteiger partial charge in [0.05, 0.1) is 6.42 Å². The lowest BCUT2D eigenvalue weighted by atomic mass is 9.90. The minimum absolute atomic E-state index is 0.120. The van der Waals surface area contributed by atoms with Gasteiger partial charge in [0, 0.05) is 5.56 Å². The van der Waals surface area contributed by atoms with Gasteiger partial charge in [0.2, 0.25) is 0 Å². The van der Waals surface area contributed by atoms with Gasteiger partial charge in [-0.3, -0.25) is 4.79 Å². The molecule has 16 heavy (non-hydrogen) atoms. The molecule has 0 fully saturated rings. The highest BCUT2D eigenvalue weighted by molar-refractivity contribution is 5.82. The molecule has 0 amide bonds. The van der Waals surface area contributed by atoms with Crippen molar-refractivity contribution in [1.82, 2.24) is 0 Å². The highest BCUT2D eigenvalue weighted by Crippen LogP contribution is 2.39. The van der Waals surface area contributed by atoms with Crippen LogP contribution < -0.4 is 4.74 Å². The van der Waals surface area contributed by atoms with Crippen molar-refractivity contribution in [3.05, 3.63) is 28.8 Å². The smallest absolute Gasteiger partial charge is 0.315 e. The zero-order valence-corrected chi connectivity index (χ0v) is 10.3. The SMILES string of the molecule is CC(C)c1ccc(C(C)C)c2c1CC(=O)O2. The number of fused-ring (bicyclic) bond motifs is 1. The van der Waals surface area contributed by atoms with Crippen LogP contribution in [0.1, 0.15) is 56.2 Å². The highest BCUT2D eigenvalue weighted by Gasteiger charge is 2.27. The molecule has 1 aromatic carbocycles. The Morgan fingerprint density at radius 1 is 1.06 bits per heavy atom. The van der Waals surface area contributed by atoms with Gasteiger partial charge >= 0.3 is 5.97 Å². The molecule has 0 atom stereocenters. The third-order valence-electron chi connectivity index (χ3n) is 3.11. The van der Waals surface area contributed by atoms with Crippen LogP contribution in [-0.4, -0.2) is 5.97 Å². The molecule has 0 spiro atoms. The van der Waals surface area contributed by atoms with Crippen LogP contribution in [-0.2, 0) is 11.2 Å². The summed E-state index contributed by atoms with van der Waals surface area (Å²) < 4.78 is 5.35. The van der Waals surface area contributed by atoms with Crippen LogP contribution in [0.5, 0.6) is 5.75 Å². The fourth-order valence-electron chi connectivity index (χ4n) is 2.25. The second-order valence-corrected chi connectivity index (χ2v) is 5.01. The van der Waals surface area contributed by atoms with E-state index in [1.165, 1.54) is 5.56 Å². The second-order valence-electron chi connectivity index (χ2n) is 5.01. The van der Waals surface area contributed by atoms with Crippen molar-refractivity contribution in [3.8, 4) is 5.75 Å². The van der Waals surface area contributed by atoms with Gasteiger partial charge in [0.1, 0.15) is 5.75 Å². The summed E-state index contributed by atoms with van der Waals surface area (Å²) in [6.07, 6.45) is 0.434. The summed E-state index contributed by atoms with van der Waals surface area (Å²) in [6, 6.07) is 4.23. The number of ether oxygens (including phenoxy) is 1. The predicted octanol–water partition coefficient (Wildman–Crippen LogP) is 3.39. The van der Waals surface area contributed by atoms with Crippen molar-refractivity contribution in [2.45, 2.75) is 46.0 Å². The Hall–Kier alpha value is -1.31. The van der Waals surface area contributed by atoms with Crippen LogP contribution in [0, 0.1) is 0 Å². The van der Waals surface area contributed by atoms with Gasteiger partial charge in [0.15, 0.2) is 0 Å². The lowest BCUT2D eigenvalue weighted by molar-refractivity contribution is -0.131. The quantitative estimate of drug-likeness (QED) is 0.561. The summed E-state index contributed by atoms with van der Waals surface area (Å²) in [7, 11) is 0. The van der Waals surface area contributed by atoms with Gasteiger partial charge in [-0.25, -0.2) is 0 Å². The minimum atomic E-state index is -0.120. The minimum Gasteiger partial charge on any atom is -0.426 e. The number of carbonyl (C=O) groups is 1. The molecule has 1 aliphatic heterocycles. The molecule has 1 heterocycles. The van der Waals surface area contributed by atoms with Crippen molar-refractivity contribution in [2.75, 3.05) is 0 Å². The van der Waals surface area contributed by atoms with Gasteiger partial charge < -0.3 is 4.74 Å². The average molecular weight is 218 g/mol. The molecule has 2 nitrogen and oxygen atoms in total.